The van der Waals surface area contributed by atoms with Crippen molar-refractivity contribution in [2.24, 2.45) is 5.10 Å². The fourth-order valence-electron chi connectivity index (χ4n) is 2.59. The first-order valence-corrected chi connectivity index (χ1v) is 8.38. The molecule has 0 atom stereocenters. The van der Waals surface area contributed by atoms with Crippen LogP contribution in [0.3, 0.4) is 0 Å². The maximum Gasteiger partial charge on any atom is 0.216 e. The molecule has 24 heavy (non-hydrogen) atoms. The fraction of sp³-hybridized carbons (Fsp3) is 0.278. The lowest BCUT2D eigenvalue weighted by molar-refractivity contribution is 0.340. The molecule has 1 aromatic heterocycles. The summed E-state index contributed by atoms with van der Waals surface area (Å²) in [4.78, 5) is 0. The number of H-pyrrole nitrogens is 1. The van der Waals surface area contributed by atoms with Crippen LogP contribution in [0.5, 0.6) is 5.75 Å². The Hall–Kier alpha value is -2.47. The van der Waals surface area contributed by atoms with E-state index in [9.17, 15) is 0 Å². The van der Waals surface area contributed by atoms with Crippen LogP contribution in [0.2, 0.25) is 0 Å². The Labute approximate surface area is 146 Å². The Morgan fingerprint density at radius 2 is 2.08 bits per heavy atom. The number of aromatic amines is 1. The van der Waals surface area contributed by atoms with Gasteiger partial charge in [0, 0.05) is 11.5 Å². The van der Waals surface area contributed by atoms with Crippen molar-refractivity contribution in [3.63, 3.8) is 0 Å². The minimum absolute atomic E-state index is 0.217. The number of fused-ring (bicyclic) bond motifs is 1. The van der Waals surface area contributed by atoms with Crippen molar-refractivity contribution in [1.82, 2.24) is 14.9 Å². The summed E-state index contributed by atoms with van der Waals surface area (Å²) in [5.74, 6) is 1.82. The van der Waals surface area contributed by atoms with E-state index in [0.29, 0.717) is 11.4 Å². The number of nitrogens with zero attached hydrogens (tertiary/aromatic N) is 3. The van der Waals surface area contributed by atoms with Crippen molar-refractivity contribution >= 4 is 29.2 Å². The van der Waals surface area contributed by atoms with Gasteiger partial charge in [0.15, 0.2) is 5.82 Å². The number of hydrogen-bond acceptors (Lipinski definition) is 4. The summed E-state index contributed by atoms with van der Waals surface area (Å²) in [6.07, 6.45) is 1.80. The van der Waals surface area contributed by atoms with Crippen molar-refractivity contribution in [3.8, 4) is 5.75 Å². The first-order valence-electron chi connectivity index (χ1n) is 7.98. The molecule has 0 aliphatic carbocycles. The molecular formula is C18H20N4OS. The lowest BCUT2D eigenvalue weighted by Crippen LogP contribution is -2.02. The molecule has 2 aromatic carbocycles. The highest BCUT2D eigenvalue weighted by atomic mass is 32.1. The largest absolute Gasteiger partial charge is 0.493 e. The smallest absolute Gasteiger partial charge is 0.216 e. The molecule has 0 bridgehead atoms. The van der Waals surface area contributed by atoms with E-state index >= 15 is 0 Å². The van der Waals surface area contributed by atoms with Gasteiger partial charge in [-0.1, -0.05) is 44.2 Å². The van der Waals surface area contributed by atoms with Crippen LogP contribution >= 0.6 is 12.2 Å². The lowest BCUT2D eigenvalue weighted by atomic mass is 10.0. The second kappa shape index (κ2) is 6.97. The summed E-state index contributed by atoms with van der Waals surface area (Å²) < 4.78 is 7.92. The minimum Gasteiger partial charge on any atom is -0.493 e. The van der Waals surface area contributed by atoms with Crippen LogP contribution in [0.1, 0.15) is 38.1 Å². The summed E-state index contributed by atoms with van der Waals surface area (Å²) in [5, 5.41) is 13.8. The van der Waals surface area contributed by atoms with Crippen LogP contribution in [-0.2, 0) is 0 Å². The molecule has 6 heteroatoms. The number of ether oxygens (including phenoxy) is 1. The number of rotatable bonds is 5. The van der Waals surface area contributed by atoms with Gasteiger partial charge in [-0.15, -0.1) is 0 Å². The highest BCUT2D eigenvalue weighted by Crippen LogP contribution is 2.27. The second-order valence-electron chi connectivity index (χ2n) is 5.73. The zero-order valence-electron chi connectivity index (χ0n) is 14.0. The van der Waals surface area contributed by atoms with Crippen molar-refractivity contribution in [2.75, 3.05) is 6.61 Å². The third-order valence-corrected chi connectivity index (χ3v) is 3.99. The predicted molar refractivity (Wildman–Crippen MR) is 99.6 cm³/mol. The van der Waals surface area contributed by atoms with E-state index < -0.39 is 0 Å². The first-order chi connectivity index (χ1) is 11.6. The molecule has 124 valence electrons. The van der Waals surface area contributed by atoms with Crippen molar-refractivity contribution < 1.29 is 4.74 Å². The molecule has 0 fully saturated rings. The van der Waals surface area contributed by atoms with E-state index in [0.717, 1.165) is 27.9 Å². The molecule has 0 amide bonds. The maximum atomic E-state index is 5.77. The van der Waals surface area contributed by atoms with Gasteiger partial charge in [0.2, 0.25) is 4.77 Å². The van der Waals surface area contributed by atoms with E-state index in [-0.39, 0.29) is 5.92 Å². The SMILES string of the molecule is CCOc1ccc2ccccc2c1/C=N\n1c(C(C)C)n[nH]c1=S. The molecule has 1 N–H and O–H groups in total. The molecule has 0 spiro atoms. The van der Waals surface area contributed by atoms with Gasteiger partial charge in [0.25, 0.3) is 0 Å². The molecule has 1 heterocycles. The standard InChI is InChI=1S/C18H20N4OS/c1-4-23-16-10-9-13-7-5-6-8-14(13)15(16)11-19-22-17(12(2)3)20-21-18(22)24/h5-12H,4H2,1-3H3,(H,21,24)/b19-11-. The van der Waals surface area contributed by atoms with E-state index in [1.54, 1.807) is 10.9 Å². The molecule has 0 unspecified atom stereocenters. The number of nitrogens with one attached hydrogen (secondary N) is 1. The van der Waals surface area contributed by atoms with Gasteiger partial charge < -0.3 is 4.74 Å². The number of benzene rings is 2. The molecule has 0 saturated carbocycles. The third kappa shape index (κ3) is 3.10. The Morgan fingerprint density at radius 3 is 2.83 bits per heavy atom. The Kier molecular flexibility index (Phi) is 4.76. The normalized spacial score (nSPS) is 11.7. The van der Waals surface area contributed by atoms with Gasteiger partial charge in [-0.05, 0) is 36.0 Å². The summed E-state index contributed by atoms with van der Waals surface area (Å²) in [5.41, 5.74) is 0.938. The molecule has 0 radical (unpaired) electrons. The van der Waals surface area contributed by atoms with Gasteiger partial charge in [-0.3, -0.25) is 5.10 Å². The van der Waals surface area contributed by atoms with Crippen LogP contribution in [0, 0.1) is 4.77 Å². The Morgan fingerprint density at radius 1 is 1.29 bits per heavy atom. The quantitative estimate of drug-likeness (QED) is 0.549. The average molecular weight is 340 g/mol. The summed E-state index contributed by atoms with van der Waals surface area (Å²) in [6, 6.07) is 12.2. The average Bonchev–Trinajstić information content (AvgIpc) is 2.95. The zero-order valence-corrected chi connectivity index (χ0v) is 14.8. The van der Waals surface area contributed by atoms with Crippen LogP contribution in [0.15, 0.2) is 41.5 Å². The first kappa shape index (κ1) is 16.4. The predicted octanol–water partition coefficient (Wildman–Crippen LogP) is 4.50. The van der Waals surface area contributed by atoms with Crippen LogP contribution < -0.4 is 4.74 Å². The molecule has 3 aromatic rings. The van der Waals surface area contributed by atoms with Gasteiger partial charge in [0.05, 0.1) is 12.8 Å². The van der Waals surface area contributed by atoms with Crippen LogP contribution in [0.25, 0.3) is 10.8 Å². The summed E-state index contributed by atoms with van der Waals surface area (Å²) >= 11 is 5.29. The lowest BCUT2D eigenvalue weighted by Gasteiger charge is -2.10. The van der Waals surface area contributed by atoms with Crippen molar-refractivity contribution in [2.45, 2.75) is 26.7 Å². The van der Waals surface area contributed by atoms with E-state index in [1.165, 1.54) is 0 Å². The molecular weight excluding hydrogens is 320 g/mol. The third-order valence-electron chi connectivity index (χ3n) is 3.72. The molecule has 0 aliphatic rings. The monoisotopic (exact) mass is 340 g/mol. The Bertz CT molecular complexity index is 940. The summed E-state index contributed by atoms with van der Waals surface area (Å²) in [7, 11) is 0. The molecule has 3 rings (SSSR count). The minimum atomic E-state index is 0.217. The van der Waals surface area contributed by atoms with Crippen LogP contribution in [-0.4, -0.2) is 27.7 Å². The van der Waals surface area contributed by atoms with E-state index in [4.69, 9.17) is 17.0 Å². The van der Waals surface area contributed by atoms with Crippen LogP contribution in [0.4, 0.5) is 0 Å². The maximum absolute atomic E-state index is 5.77. The highest BCUT2D eigenvalue weighted by molar-refractivity contribution is 7.71. The molecule has 0 aliphatic heterocycles. The number of aromatic nitrogens is 3. The highest BCUT2D eigenvalue weighted by Gasteiger charge is 2.10. The van der Waals surface area contributed by atoms with Gasteiger partial charge in [0.1, 0.15) is 5.75 Å². The van der Waals surface area contributed by atoms with Gasteiger partial charge >= 0.3 is 0 Å². The topological polar surface area (TPSA) is 55.2 Å². The zero-order chi connectivity index (χ0) is 17.1. The fourth-order valence-corrected chi connectivity index (χ4v) is 2.78. The van der Waals surface area contributed by atoms with Gasteiger partial charge in [-0.25, -0.2) is 0 Å². The van der Waals surface area contributed by atoms with E-state index in [1.807, 2.05) is 25.1 Å². The van der Waals surface area contributed by atoms with Crippen molar-refractivity contribution in [3.05, 3.63) is 52.6 Å². The second-order valence-corrected chi connectivity index (χ2v) is 6.12. The molecule has 5 nitrogen and oxygen atoms in total. The Balaban J connectivity index is 2.14. The van der Waals surface area contributed by atoms with Gasteiger partial charge in [-0.2, -0.15) is 14.9 Å². The van der Waals surface area contributed by atoms with Crippen molar-refractivity contribution in [1.29, 1.82) is 0 Å². The summed E-state index contributed by atoms with van der Waals surface area (Å²) in [6.45, 7) is 6.68. The van der Waals surface area contributed by atoms with E-state index in [2.05, 4.69) is 47.3 Å². The molecule has 0 saturated heterocycles. The number of hydrogen-bond donors (Lipinski definition) is 1.